The number of rotatable bonds is 1. The first-order valence-electron chi connectivity index (χ1n) is 4.11. The van der Waals surface area contributed by atoms with E-state index in [-0.39, 0.29) is 17.2 Å². The second kappa shape index (κ2) is 3.50. The van der Waals surface area contributed by atoms with Crippen LogP contribution in [0.3, 0.4) is 0 Å². The van der Waals surface area contributed by atoms with E-state index in [0.717, 1.165) is 0 Å². The molecule has 0 aliphatic heterocycles. The van der Waals surface area contributed by atoms with Gasteiger partial charge < -0.3 is 10.2 Å². The molecule has 0 amide bonds. The van der Waals surface area contributed by atoms with Crippen LogP contribution in [0.4, 0.5) is 5.82 Å². The molecule has 0 fully saturated rings. The first-order chi connectivity index (χ1) is 7.11. The lowest BCUT2D eigenvalue weighted by atomic mass is 10.4. The molecule has 2 heterocycles. The zero-order valence-corrected chi connectivity index (χ0v) is 8.96. The van der Waals surface area contributed by atoms with E-state index in [4.69, 9.17) is 10.2 Å². The predicted molar refractivity (Wildman–Crippen MR) is 56.8 cm³/mol. The molecule has 15 heavy (non-hydrogen) atoms. The summed E-state index contributed by atoms with van der Waals surface area (Å²) in [6.07, 6.45) is 1.81. The highest BCUT2D eigenvalue weighted by Gasteiger charge is 2.10. The Morgan fingerprint density at radius 1 is 1.33 bits per heavy atom. The fraction of sp³-hybridized carbons (Fsp3) is 0.250. The topological polar surface area (TPSA) is 94.9 Å². The van der Waals surface area contributed by atoms with Crippen molar-refractivity contribution >= 4 is 28.8 Å². The Bertz CT molecular complexity index is 581. The first kappa shape index (κ1) is 9.91. The largest absolute Gasteiger partial charge is 0.400 e. The molecule has 0 atom stereocenters. The number of fused-ring (bicyclic) bond motifs is 1. The third kappa shape index (κ3) is 1.65. The van der Waals surface area contributed by atoms with Gasteiger partial charge in [-0.1, -0.05) is 11.8 Å². The van der Waals surface area contributed by atoms with Crippen molar-refractivity contribution in [3.8, 4) is 0 Å². The molecule has 6 nitrogen and oxygen atoms in total. The van der Waals surface area contributed by atoms with E-state index in [1.165, 1.54) is 11.8 Å². The van der Waals surface area contributed by atoms with Gasteiger partial charge in [-0.05, 0) is 13.2 Å². The van der Waals surface area contributed by atoms with Crippen LogP contribution in [0.25, 0.3) is 11.2 Å². The maximum absolute atomic E-state index is 11.2. The molecule has 0 unspecified atom stereocenters. The van der Waals surface area contributed by atoms with Gasteiger partial charge in [0.05, 0.1) is 0 Å². The lowest BCUT2D eigenvalue weighted by molar-refractivity contribution is 0.531. The van der Waals surface area contributed by atoms with Gasteiger partial charge in [-0.3, -0.25) is 0 Å². The summed E-state index contributed by atoms with van der Waals surface area (Å²) in [6.45, 7) is 1.55. The Labute approximate surface area is 88.9 Å². The van der Waals surface area contributed by atoms with Gasteiger partial charge in [0.1, 0.15) is 5.69 Å². The van der Waals surface area contributed by atoms with Gasteiger partial charge in [0.2, 0.25) is 0 Å². The number of thioether (sulfide) groups is 1. The van der Waals surface area contributed by atoms with Gasteiger partial charge in [0.15, 0.2) is 16.5 Å². The van der Waals surface area contributed by atoms with Crippen LogP contribution in [0.15, 0.2) is 14.4 Å². The highest BCUT2D eigenvalue weighted by atomic mass is 32.2. The van der Waals surface area contributed by atoms with Crippen molar-refractivity contribution in [3.05, 3.63) is 16.1 Å². The van der Waals surface area contributed by atoms with Gasteiger partial charge >= 0.3 is 5.63 Å². The second-order valence-corrected chi connectivity index (χ2v) is 3.61. The number of aryl methyl sites for hydroxylation is 1. The summed E-state index contributed by atoms with van der Waals surface area (Å²) in [5, 5.41) is 0.453. The van der Waals surface area contributed by atoms with E-state index < -0.39 is 5.63 Å². The van der Waals surface area contributed by atoms with E-state index in [2.05, 4.69) is 15.0 Å². The van der Waals surface area contributed by atoms with E-state index in [9.17, 15) is 4.79 Å². The molecule has 0 aromatic carbocycles. The highest BCUT2D eigenvalue weighted by molar-refractivity contribution is 7.98. The molecule has 0 spiro atoms. The summed E-state index contributed by atoms with van der Waals surface area (Å²) >= 11 is 1.32. The van der Waals surface area contributed by atoms with Crippen molar-refractivity contribution in [2.75, 3.05) is 12.0 Å². The Morgan fingerprint density at radius 3 is 2.73 bits per heavy atom. The Kier molecular flexibility index (Phi) is 2.31. The molecule has 2 N–H and O–H groups in total. The molecule has 0 bridgehead atoms. The summed E-state index contributed by atoms with van der Waals surface area (Å²) in [5.41, 5.74) is 5.85. The number of anilines is 1. The molecule has 2 rings (SSSR count). The molecule has 2 aromatic heterocycles. The van der Waals surface area contributed by atoms with E-state index in [1.807, 2.05) is 0 Å². The van der Waals surface area contributed by atoms with E-state index in [1.54, 1.807) is 13.2 Å². The molecule has 7 heteroatoms. The monoisotopic (exact) mass is 224 g/mol. The van der Waals surface area contributed by atoms with Crippen molar-refractivity contribution in [1.82, 2.24) is 15.0 Å². The third-order valence-corrected chi connectivity index (χ3v) is 2.35. The average Bonchev–Trinajstić information content (AvgIpc) is 2.21. The van der Waals surface area contributed by atoms with Crippen LogP contribution in [0.5, 0.6) is 0 Å². The third-order valence-electron chi connectivity index (χ3n) is 1.81. The van der Waals surface area contributed by atoms with Gasteiger partial charge in [-0.2, -0.15) is 4.98 Å². The highest BCUT2D eigenvalue weighted by Crippen LogP contribution is 2.18. The molecule has 0 saturated carbocycles. The molecule has 0 radical (unpaired) electrons. The number of nitrogens with zero attached hydrogens (tertiary/aromatic N) is 3. The summed E-state index contributed by atoms with van der Waals surface area (Å²) < 4.78 is 4.95. The van der Waals surface area contributed by atoms with Gasteiger partial charge in [0.25, 0.3) is 5.71 Å². The number of hydrogen-bond donors (Lipinski definition) is 1. The Balaban J connectivity index is 2.86. The second-order valence-electron chi connectivity index (χ2n) is 2.84. The van der Waals surface area contributed by atoms with Crippen molar-refractivity contribution in [3.63, 3.8) is 0 Å². The fourth-order valence-corrected chi connectivity index (χ4v) is 1.44. The van der Waals surface area contributed by atoms with Crippen LogP contribution in [0, 0.1) is 6.92 Å². The number of nitrogen functional groups attached to an aromatic ring is 1. The van der Waals surface area contributed by atoms with Crippen molar-refractivity contribution in [2.24, 2.45) is 0 Å². The van der Waals surface area contributed by atoms with Gasteiger partial charge in [-0.15, -0.1) is 0 Å². The lowest BCUT2D eigenvalue weighted by Gasteiger charge is -2.01. The molecule has 0 aliphatic rings. The fourth-order valence-electron chi connectivity index (χ4n) is 1.07. The number of nitrogens with two attached hydrogens (primary N) is 1. The summed E-state index contributed by atoms with van der Waals surface area (Å²) in [7, 11) is 0. The number of hydrogen-bond acceptors (Lipinski definition) is 7. The van der Waals surface area contributed by atoms with Crippen LogP contribution in [-0.4, -0.2) is 21.2 Å². The summed E-state index contributed by atoms with van der Waals surface area (Å²) in [5.74, 6) is 0.219. The normalized spacial score (nSPS) is 10.8. The minimum absolute atomic E-state index is 0.127. The summed E-state index contributed by atoms with van der Waals surface area (Å²) in [4.78, 5) is 23.2. The zero-order valence-electron chi connectivity index (χ0n) is 8.14. The maximum atomic E-state index is 11.2. The lowest BCUT2D eigenvalue weighted by Crippen LogP contribution is -2.09. The minimum atomic E-state index is -0.507. The average molecular weight is 224 g/mol. The predicted octanol–water partition coefficient (Wildman–Crippen LogP) is 0.591. The number of aromatic nitrogens is 3. The molecule has 0 saturated heterocycles. The molecule has 0 aliphatic carbocycles. The SMILES string of the molecule is CSc1nc(N)c2nc(C)c(=O)oc2n1. The molecule has 78 valence electrons. The summed E-state index contributed by atoms with van der Waals surface area (Å²) in [6, 6.07) is 0. The smallest absolute Gasteiger partial charge is 0.359 e. The quantitative estimate of drug-likeness (QED) is 0.559. The minimum Gasteiger partial charge on any atom is -0.400 e. The molecular formula is C8H8N4O2S. The standard InChI is InChI=1S/C8H8N4O2S/c1-3-7(13)14-6-4(10-3)5(9)11-8(12-6)15-2/h1-2H3,(H2,9,11,12). The van der Waals surface area contributed by atoms with E-state index >= 15 is 0 Å². The molecule has 2 aromatic rings. The van der Waals surface area contributed by atoms with Crippen molar-refractivity contribution in [1.29, 1.82) is 0 Å². The van der Waals surface area contributed by atoms with Gasteiger partial charge in [0, 0.05) is 0 Å². The first-order valence-corrected chi connectivity index (χ1v) is 5.33. The Morgan fingerprint density at radius 2 is 2.07 bits per heavy atom. The zero-order chi connectivity index (χ0) is 11.0. The Hall–Kier alpha value is -1.63. The van der Waals surface area contributed by atoms with Crippen LogP contribution in [-0.2, 0) is 0 Å². The van der Waals surface area contributed by atoms with Crippen molar-refractivity contribution < 1.29 is 4.42 Å². The van der Waals surface area contributed by atoms with Gasteiger partial charge in [-0.25, -0.2) is 14.8 Å². The van der Waals surface area contributed by atoms with Crippen LogP contribution in [0.2, 0.25) is 0 Å². The van der Waals surface area contributed by atoms with Crippen LogP contribution < -0.4 is 11.4 Å². The van der Waals surface area contributed by atoms with Crippen molar-refractivity contribution in [2.45, 2.75) is 12.1 Å². The van der Waals surface area contributed by atoms with Crippen LogP contribution in [0.1, 0.15) is 5.69 Å². The molecular weight excluding hydrogens is 216 g/mol. The maximum Gasteiger partial charge on any atom is 0.359 e. The van der Waals surface area contributed by atoms with E-state index in [0.29, 0.717) is 10.7 Å². The van der Waals surface area contributed by atoms with Crippen LogP contribution >= 0.6 is 11.8 Å².